The maximum Gasteiger partial charge on any atom is 0.389 e. The predicted molar refractivity (Wildman–Crippen MR) is 116 cm³/mol. The number of likely N-dealkylation sites (N-methyl/N-ethyl adjacent to an activating group) is 1. The van der Waals surface area contributed by atoms with Gasteiger partial charge >= 0.3 is 17.9 Å². The lowest BCUT2D eigenvalue weighted by molar-refractivity contribution is -0.143. The van der Waals surface area contributed by atoms with Gasteiger partial charge in [0.1, 0.15) is 16.9 Å². The zero-order valence-electron chi connectivity index (χ0n) is 19.1. The van der Waals surface area contributed by atoms with Gasteiger partial charge in [0.05, 0.1) is 0 Å². The Kier molecular flexibility index (Phi) is 5.75. The standard InChI is InChI=1S/C21H27F3N6O5/c1-28-17(34)27-16(33)20(28)9-19(10-20)6-3-11(4-7-19)30-15(32)12(13(25)26)14(31)29(18(30)35)8-2-5-21(22,23)24/h11,31H,2-10H2,1H3,(H3,25,26)(H,27,33,34). The SMILES string of the molecule is CN1C(=O)NC(=O)C12CC1(CCC(n3c(=O)c(C(=N)N)c(O)n(CCCC(F)(F)F)c3=O)CC1)C2. The molecule has 0 atom stereocenters. The fourth-order valence-electron chi connectivity index (χ4n) is 5.91. The van der Waals surface area contributed by atoms with Crippen molar-refractivity contribution in [3.05, 3.63) is 26.4 Å². The van der Waals surface area contributed by atoms with E-state index in [2.05, 4.69) is 5.32 Å². The summed E-state index contributed by atoms with van der Waals surface area (Å²) >= 11 is 0. The number of aromatic hydroxyl groups is 1. The van der Waals surface area contributed by atoms with E-state index in [0.29, 0.717) is 43.1 Å². The van der Waals surface area contributed by atoms with Crippen LogP contribution >= 0.6 is 0 Å². The predicted octanol–water partition coefficient (Wildman–Crippen LogP) is 1.16. The molecule has 1 aliphatic heterocycles. The number of halogens is 3. The molecular formula is C21H27F3N6O5. The molecule has 0 aromatic carbocycles. The van der Waals surface area contributed by atoms with Gasteiger partial charge in [-0.25, -0.2) is 9.59 Å². The molecule has 2 aliphatic carbocycles. The van der Waals surface area contributed by atoms with Crippen molar-refractivity contribution in [2.45, 2.75) is 75.7 Å². The number of rotatable bonds is 5. The molecule has 2 heterocycles. The maximum absolute atomic E-state index is 13.1. The largest absolute Gasteiger partial charge is 0.494 e. The molecule has 1 saturated heterocycles. The van der Waals surface area contributed by atoms with E-state index in [9.17, 15) is 37.5 Å². The van der Waals surface area contributed by atoms with Crippen molar-refractivity contribution in [3.63, 3.8) is 0 Å². The van der Waals surface area contributed by atoms with Gasteiger partial charge in [-0.1, -0.05) is 0 Å². The number of amides is 3. The van der Waals surface area contributed by atoms with Crippen LogP contribution in [-0.2, 0) is 11.3 Å². The molecule has 0 radical (unpaired) electrons. The van der Waals surface area contributed by atoms with E-state index in [-0.39, 0.29) is 11.3 Å². The van der Waals surface area contributed by atoms with Crippen LogP contribution in [0.3, 0.4) is 0 Å². The second-order valence-electron chi connectivity index (χ2n) is 9.87. The second kappa shape index (κ2) is 8.12. The van der Waals surface area contributed by atoms with Crippen molar-refractivity contribution >= 4 is 17.8 Å². The van der Waals surface area contributed by atoms with Crippen LogP contribution in [0.1, 0.15) is 63.0 Å². The minimum absolute atomic E-state index is 0.234. The first kappa shape index (κ1) is 24.8. The van der Waals surface area contributed by atoms with Gasteiger partial charge in [0.2, 0.25) is 5.88 Å². The van der Waals surface area contributed by atoms with Crippen molar-refractivity contribution in [2.24, 2.45) is 11.1 Å². The van der Waals surface area contributed by atoms with Crippen LogP contribution in [0.4, 0.5) is 18.0 Å². The highest BCUT2D eigenvalue weighted by Crippen LogP contribution is 2.60. The normalized spacial score (nSPS) is 28.5. The molecule has 1 aromatic heterocycles. The van der Waals surface area contributed by atoms with Crippen molar-refractivity contribution in [1.82, 2.24) is 19.4 Å². The molecule has 3 aliphatic rings. The van der Waals surface area contributed by atoms with E-state index in [1.165, 1.54) is 4.90 Å². The average Bonchev–Trinajstić information content (AvgIpc) is 2.94. The van der Waals surface area contributed by atoms with Crippen LogP contribution in [0.5, 0.6) is 5.88 Å². The number of carbonyl (C=O) groups excluding carboxylic acids is 2. The fraction of sp³-hybridized carbons (Fsp3) is 0.667. The number of carbonyl (C=O) groups is 2. The number of nitrogen functional groups attached to an aromatic ring is 1. The summed E-state index contributed by atoms with van der Waals surface area (Å²) in [7, 11) is 1.57. The molecule has 0 unspecified atom stereocenters. The van der Waals surface area contributed by atoms with Gasteiger partial charge in [-0.15, -0.1) is 0 Å². The van der Waals surface area contributed by atoms with Crippen LogP contribution < -0.4 is 22.3 Å². The molecule has 3 fully saturated rings. The molecule has 5 N–H and O–H groups in total. The average molecular weight is 500 g/mol. The highest BCUT2D eigenvalue weighted by Gasteiger charge is 2.65. The Labute approximate surface area is 197 Å². The highest BCUT2D eigenvalue weighted by molar-refractivity contribution is 6.07. The van der Waals surface area contributed by atoms with Gasteiger partial charge in [-0.3, -0.25) is 29.4 Å². The van der Waals surface area contributed by atoms with E-state index >= 15 is 0 Å². The monoisotopic (exact) mass is 500 g/mol. The molecule has 11 nitrogen and oxygen atoms in total. The van der Waals surface area contributed by atoms with E-state index in [1.807, 2.05) is 0 Å². The van der Waals surface area contributed by atoms with E-state index in [1.54, 1.807) is 7.05 Å². The van der Waals surface area contributed by atoms with Crippen molar-refractivity contribution in [1.29, 1.82) is 5.41 Å². The Morgan fingerprint density at radius 2 is 1.80 bits per heavy atom. The quantitative estimate of drug-likeness (QED) is 0.269. The van der Waals surface area contributed by atoms with Crippen LogP contribution in [0.2, 0.25) is 0 Å². The van der Waals surface area contributed by atoms with Gasteiger partial charge in [0.25, 0.3) is 11.5 Å². The molecule has 192 valence electrons. The molecule has 3 amide bonds. The molecular weight excluding hydrogens is 473 g/mol. The van der Waals surface area contributed by atoms with Gasteiger partial charge < -0.3 is 15.7 Å². The first-order valence-electron chi connectivity index (χ1n) is 11.3. The Hall–Kier alpha value is -3.32. The van der Waals surface area contributed by atoms with Gasteiger partial charge in [0.15, 0.2) is 0 Å². The summed E-state index contributed by atoms with van der Waals surface area (Å²) in [4.78, 5) is 51.7. The minimum Gasteiger partial charge on any atom is -0.494 e. The number of nitrogens with one attached hydrogen (secondary N) is 2. The lowest BCUT2D eigenvalue weighted by Crippen LogP contribution is -2.63. The molecule has 14 heteroatoms. The summed E-state index contributed by atoms with van der Waals surface area (Å²) < 4.78 is 39.3. The van der Waals surface area contributed by atoms with Crippen LogP contribution in [-0.4, -0.2) is 55.7 Å². The number of aromatic nitrogens is 2. The smallest absolute Gasteiger partial charge is 0.389 e. The number of hydrogen-bond donors (Lipinski definition) is 4. The number of amidine groups is 1. The molecule has 4 rings (SSSR count). The zero-order valence-corrected chi connectivity index (χ0v) is 19.1. The Balaban J connectivity index is 1.57. The van der Waals surface area contributed by atoms with Crippen molar-refractivity contribution in [3.8, 4) is 5.88 Å². The highest BCUT2D eigenvalue weighted by atomic mass is 19.4. The Morgan fingerprint density at radius 3 is 2.29 bits per heavy atom. The summed E-state index contributed by atoms with van der Waals surface area (Å²) in [6, 6.07) is -1.06. The summed E-state index contributed by atoms with van der Waals surface area (Å²) in [5.74, 6) is -2.04. The molecule has 1 aromatic rings. The summed E-state index contributed by atoms with van der Waals surface area (Å²) in [5, 5.41) is 20.3. The lowest BCUT2D eigenvalue weighted by Gasteiger charge is -2.57. The molecule has 2 spiro atoms. The van der Waals surface area contributed by atoms with Crippen LogP contribution in [0.25, 0.3) is 0 Å². The first-order chi connectivity index (χ1) is 16.2. The number of imide groups is 1. The Bertz CT molecular complexity index is 1200. The van der Waals surface area contributed by atoms with Gasteiger partial charge in [-0.2, -0.15) is 13.2 Å². The van der Waals surface area contributed by atoms with Crippen molar-refractivity contribution < 1.29 is 27.9 Å². The number of alkyl halides is 3. The number of urea groups is 1. The van der Waals surface area contributed by atoms with E-state index in [0.717, 1.165) is 4.57 Å². The van der Waals surface area contributed by atoms with Crippen LogP contribution in [0, 0.1) is 10.8 Å². The maximum atomic E-state index is 13.1. The summed E-state index contributed by atoms with van der Waals surface area (Å²) in [6.45, 7) is -0.501. The second-order valence-corrected chi connectivity index (χ2v) is 9.87. The fourth-order valence-corrected chi connectivity index (χ4v) is 5.91. The number of hydrogen-bond acceptors (Lipinski definition) is 6. The van der Waals surface area contributed by atoms with E-state index < -0.39 is 71.7 Å². The third-order valence-electron chi connectivity index (χ3n) is 7.77. The molecule has 35 heavy (non-hydrogen) atoms. The summed E-state index contributed by atoms with van der Waals surface area (Å²) in [6.07, 6.45) is -3.36. The molecule has 2 saturated carbocycles. The minimum atomic E-state index is -4.45. The van der Waals surface area contributed by atoms with Gasteiger partial charge in [0, 0.05) is 26.1 Å². The molecule has 0 bridgehead atoms. The third kappa shape index (κ3) is 3.97. The topological polar surface area (TPSA) is 164 Å². The number of nitrogens with two attached hydrogens (primary N) is 1. The van der Waals surface area contributed by atoms with Crippen LogP contribution in [0.15, 0.2) is 9.59 Å². The van der Waals surface area contributed by atoms with E-state index in [4.69, 9.17) is 11.1 Å². The first-order valence-corrected chi connectivity index (χ1v) is 11.3. The third-order valence-corrected chi connectivity index (χ3v) is 7.77. The number of nitrogens with zero attached hydrogens (tertiary/aromatic N) is 3. The lowest BCUT2D eigenvalue weighted by atomic mass is 9.51. The van der Waals surface area contributed by atoms with Crippen molar-refractivity contribution in [2.75, 3.05) is 7.05 Å². The zero-order chi connectivity index (χ0) is 25.9. The Morgan fingerprint density at radius 1 is 1.20 bits per heavy atom. The van der Waals surface area contributed by atoms with Gasteiger partial charge in [-0.05, 0) is 50.4 Å². The summed E-state index contributed by atoms with van der Waals surface area (Å²) in [5.41, 5.74) is 1.80.